The molecule has 2 rings (SSSR count). The van der Waals surface area contributed by atoms with Gasteiger partial charge in [-0.1, -0.05) is 0 Å². The van der Waals surface area contributed by atoms with Gasteiger partial charge in [-0.2, -0.15) is 0 Å². The number of nitrogens with zero attached hydrogens (tertiary/aromatic N) is 2. The number of carbonyl (C=O) groups is 2. The van der Waals surface area contributed by atoms with Crippen LogP contribution in [0.25, 0.3) is 0 Å². The van der Waals surface area contributed by atoms with Crippen molar-refractivity contribution >= 4 is 17.6 Å². The van der Waals surface area contributed by atoms with E-state index in [4.69, 9.17) is 5.11 Å². The number of carbonyl (C=O) groups excluding carboxylic acids is 1. The molecule has 2 N–H and O–H groups in total. The summed E-state index contributed by atoms with van der Waals surface area (Å²) < 4.78 is 0. The summed E-state index contributed by atoms with van der Waals surface area (Å²) in [5.41, 5.74) is 0.623. The van der Waals surface area contributed by atoms with Gasteiger partial charge < -0.3 is 10.4 Å². The Labute approximate surface area is 103 Å². The van der Waals surface area contributed by atoms with Crippen LogP contribution in [0.1, 0.15) is 23.7 Å². The molecule has 6 nitrogen and oxygen atoms in total. The minimum absolute atomic E-state index is 0.116. The van der Waals surface area contributed by atoms with Gasteiger partial charge in [0.05, 0.1) is 16.6 Å². The van der Waals surface area contributed by atoms with Gasteiger partial charge in [0.2, 0.25) is 5.91 Å². The number of hydrogen-bond acceptors (Lipinski definition) is 4. The largest absolute Gasteiger partial charge is 0.478 e. The first-order valence-electron chi connectivity index (χ1n) is 5.62. The van der Waals surface area contributed by atoms with E-state index in [2.05, 4.69) is 15.3 Å². The number of carboxylic acids is 1. The summed E-state index contributed by atoms with van der Waals surface area (Å²) in [7, 11) is 0. The van der Waals surface area contributed by atoms with Crippen molar-refractivity contribution in [2.75, 3.05) is 18.4 Å². The SMILES string of the molecule is CC(=O)Nc1ccc(C(=O)O)c2c1=NCCCN=2. The highest BCUT2D eigenvalue weighted by Gasteiger charge is 2.12. The summed E-state index contributed by atoms with van der Waals surface area (Å²) in [5, 5.41) is 12.6. The molecule has 0 atom stereocenters. The minimum Gasteiger partial charge on any atom is -0.478 e. The molecule has 94 valence electrons. The molecule has 6 heteroatoms. The molecule has 1 aliphatic rings. The first-order chi connectivity index (χ1) is 8.59. The van der Waals surface area contributed by atoms with E-state index in [-0.39, 0.29) is 11.5 Å². The van der Waals surface area contributed by atoms with E-state index in [9.17, 15) is 9.59 Å². The van der Waals surface area contributed by atoms with Crippen molar-refractivity contribution in [3.63, 3.8) is 0 Å². The van der Waals surface area contributed by atoms with E-state index >= 15 is 0 Å². The molecule has 1 aromatic rings. The topological polar surface area (TPSA) is 91.1 Å². The van der Waals surface area contributed by atoms with Crippen LogP contribution >= 0.6 is 0 Å². The third kappa shape index (κ3) is 2.37. The molecule has 1 heterocycles. The summed E-state index contributed by atoms with van der Waals surface area (Å²) in [6.07, 6.45) is 0.771. The van der Waals surface area contributed by atoms with Gasteiger partial charge in [-0.25, -0.2) is 4.79 Å². The molecule has 0 radical (unpaired) electrons. The maximum Gasteiger partial charge on any atom is 0.337 e. The van der Waals surface area contributed by atoms with Gasteiger partial charge >= 0.3 is 5.97 Å². The lowest BCUT2D eigenvalue weighted by atomic mass is 10.1. The van der Waals surface area contributed by atoms with E-state index in [1.807, 2.05) is 0 Å². The lowest BCUT2D eigenvalue weighted by Crippen LogP contribution is -2.34. The van der Waals surface area contributed by atoms with Crippen LogP contribution in [0.3, 0.4) is 0 Å². The van der Waals surface area contributed by atoms with Crippen molar-refractivity contribution in [2.24, 2.45) is 9.98 Å². The maximum atomic E-state index is 11.1. The average Bonchev–Trinajstić information content (AvgIpc) is 2.53. The fourth-order valence-electron chi connectivity index (χ4n) is 1.82. The molecule has 1 aliphatic heterocycles. The van der Waals surface area contributed by atoms with Crippen LogP contribution in [0.4, 0.5) is 5.69 Å². The van der Waals surface area contributed by atoms with Crippen molar-refractivity contribution in [1.82, 2.24) is 0 Å². The molecule has 0 spiro atoms. The highest BCUT2D eigenvalue weighted by molar-refractivity contribution is 5.91. The Morgan fingerprint density at radius 1 is 1.22 bits per heavy atom. The molecule has 0 saturated heterocycles. The van der Waals surface area contributed by atoms with E-state index in [0.717, 1.165) is 6.42 Å². The second kappa shape index (κ2) is 4.95. The third-order valence-corrected chi connectivity index (χ3v) is 2.55. The zero-order valence-electron chi connectivity index (χ0n) is 9.93. The quantitative estimate of drug-likeness (QED) is 0.769. The summed E-state index contributed by atoms with van der Waals surface area (Å²) in [6, 6.07) is 2.99. The first-order valence-corrected chi connectivity index (χ1v) is 5.62. The molecule has 0 aromatic heterocycles. The number of anilines is 1. The van der Waals surface area contributed by atoms with Crippen LogP contribution < -0.4 is 16.0 Å². The Morgan fingerprint density at radius 2 is 1.89 bits per heavy atom. The molecule has 1 amide bonds. The lowest BCUT2D eigenvalue weighted by molar-refractivity contribution is -0.114. The molecule has 18 heavy (non-hydrogen) atoms. The zero-order valence-corrected chi connectivity index (χ0v) is 9.93. The predicted molar refractivity (Wildman–Crippen MR) is 64.4 cm³/mol. The normalized spacial score (nSPS) is 13.6. The van der Waals surface area contributed by atoms with Crippen molar-refractivity contribution in [3.05, 3.63) is 28.4 Å². The molecule has 0 fully saturated rings. The second-order valence-electron chi connectivity index (χ2n) is 3.96. The van der Waals surface area contributed by atoms with Crippen LogP contribution in [-0.4, -0.2) is 30.1 Å². The van der Waals surface area contributed by atoms with Gasteiger partial charge in [-0.05, 0) is 18.6 Å². The summed E-state index contributed by atoms with van der Waals surface area (Å²) in [5.74, 6) is -1.26. The number of hydrogen-bond donors (Lipinski definition) is 2. The van der Waals surface area contributed by atoms with Gasteiger partial charge in [-0.3, -0.25) is 14.8 Å². The number of nitrogens with one attached hydrogen (secondary N) is 1. The third-order valence-electron chi connectivity index (χ3n) is 2.55. The van der Waals surface area contributed by atoms with Gasteiger partial charge in [0, 0.05) is 20.0 Å². The van der Waals surface area contributed by atoms with Crippen LogP contribution in [0.15, 0.2) is 22.1 Å². The number of amides is 1. The number of aromatic carboxylic acids is 1. The zero-order chi connectivity index (χ0) is 13.1. The van der Waals surface area contributed by atoms with E-state index < -0.39 is 5.97 Å². The number of fused-ring (bicyclic) bond motifs is 1. The molecule has 0 unspecified atom stereocenters. The Hall–Kier alpha value is -2.24. The molecular weight excluding hydrogens is 234 g/mol. The van der Waals surface area contributed by atoms with Crippen molar-refractivity contribution in [3.8, 4) is 0 Å². The molecule has 0 saturated carbocycles. The van der Waals surface area contributed by atoms with E-state index in [1.165, 1.54) is 13.0 Å². The summed E-state index contributed by atoms with van der Waals surface area (Å²) in [4.78, 5) is 30.8. The molecule has 1 aromatic carbocycles. The highest BCUT2D eigenvalue weighted by Crippen LogP contribution is 2.01. The van der Waals surface area contributed by atoms with Crippen molar-refractivity contribution < 1.29 is 14.7 Å². The van der Waals surface area contributed by atoms with Crippen LogP contribution in [0, 0.1) is 0 Å². The first kappa shape index (κ1) is 12.2. The fourth-order valence-corrected chi connectivity index (χ4v) is 1.82. The molecule has 0 aliphatic carbocycles. The van der Waals surface area contributed by atoms with Crippen LogP contribution in [0.5, 0.6) is 0 Å². The smallest absolute Gasteiger partial charge is 0.337 e. The maximum absolute atomic E-state index is 11.1. The summed E-state index contributed by atoms with van der Waals surface area (Å²) in [6.45, 7) is 2.51. The lowest BCUT2D eigenvalue weighted by Gasteiger charge is -2.04. The standard InChI is InChI=1S/C12H13N3O3/c1-7(16)15-9-4-3-8(12(17)18)10-11(9)14-6-2-5-13-10/h3-4H,2,5-6H2,1H3,(H,15,16)(H,17,18). The van der Waals surface area contributed by atoms with Gasteiger partial charge in [0.25, 0.3) is 0 Å². The van der Waals surface area contributed by atoms with Gasteiger partial charge in [0.15, 0.2) is 0 Å². The van der Waals surface area contributed by atoms with Crippen molar-refractivity contribution in [1.29, 1.82) is 0 Å². The predicted octanol–water partition coefficient (Wildman–Crippen LogP) is -0.0139. The molecule has 0 bridgehead atoms. The minimum atomic E-state index is -1.04. The second-order valence-corrected chi connectivity index (χ2v) is 3.96. The van der Waals surface area contributed by atoms with Gasteiger partial charge in [0.1, 0.15) is 5.36 Å². The monoisotopic (exact) mass is 247 g/mol. The number of rotatable bonds is 2. The fraction of sp³-hybridized carbons (Fsp3) is 0.333. The Balaban J connectivity index is 2.72. The average molecular weight is 247 g/mol. The Morgan fingerprint density at radius 3 is 2.50 bits per heavy atom. The molecular formula is C12H13N3O3. The van der Waals surface area contributed by atoms with E-state index in [1.54, 1.807) is 6.07 Å². The van der Waals surface area contributed by atoms with E-state index in [0.29, 0.717) is 29.5 Å². The van der Waals surface area contributed by atoms with Gasteiger partial charge in [-0.15, -0.1) is 0 Å². The number of carboxylic acid groups (broad SMARTS) is 1. The van der Waals surface area contributed by atoms with Crippen molar-refractivity contribution in [2.45, 2.75) is 13.3 Å². The van der Waals surface area contributed by atoms with Crippen LogP contribution in [0.2, 0.25) is 0 Å². The number of benzene rings is 1. The highest BCUT2D eigenvalue weighted by atomic mass is 16.4. The van der Waals surface area contributed by atoms with Crippen LogP contribution in [-0.2, 0) is 4.79 Å². The Bertz CT molecular complexity index is 622. The summed E-state index contributed by atoms with van der Waals surface area (Å²) >= 11 is 0. The Kier molecular flexibility index (Phi) is 3.36.